The highest BCUT2D eigenvalue weighted by Gasteiger charge is 2.22. The molecule has 6 aromatic carbocycles. The molecule has 3 heteroatoms. The van der Waals surface area contributed by atoms with Crippen molar-refractivity contribution in [3.63, 3.8) is 0 Å². The first-order chi connectivity index (χ1) is 21.5. The lowest BCUT2D eigenvalue weighted by Crippen LogP contribution is -2.21. The van der Waals surface area contributed by atoms with Gasteiger partial charge >= 0.3 is 8.80 Å². The van der Waals surface area contributed by atoms with Gasteiger partial charge in [0.05, 0.1) is 40.2 Å². The lowest BCUT2D eigenvalue weighted by Gasteiger charge is -2.14. The van der Waals surface area contributed by atoms with Crippen LogP contribution in [0.4, 0.5) is 0 Å². The van der Waals surface area contributed by atoms with Gasteiger partial charge in [0.1, 0.15) is 0 Å². The van der Waals surface area contributed by atoms with Gasteiger partial charge in [0, 0.05) is 32.9 Å². The highest BCUT2D eigenvalue weighted by Crippen LogP contribution is 2.39. The first-order valence-corrected chi connectivity index (χ1v) is 18.2. The van der Waals surface area contributed by atoms with Crippen LogP contribution in [0.2, 0.25) is 13.1 Å². The van der Waals surface area contributed by atoms with Crippen molar-refractivity contribution in [2.24, 2.45) is 5.92 Å². The summed E-state index contributed by atoms with van der Waals surface area (Å²) in [6, 6.07) is 45.5. The Morgan fingerprint density at radius 3 is 2.16 bits per heavy atom. The second kappa shape index (κ2) is 9.57. The number of hydrogen-bond donors (Lipinski definition) is 0. The molecule has 0 saturated carbocycles. The maximum absolute atomic E-state index is 2.49. The van der Waals surface area contributed by atoms with Gasteiger partial charge in [-0.2, -0.15) is 0 Å². The third-order valence-electron chi connectivity index (χ3n) is 9.63. The van der Waals surface area contributed by atoms with Crippen LogP contribution in [0.1, 0.15) is 12.5 Å². The number of nitrogens with zero attached hydrogens (tertiary/aromatic N) is 2. The third-order valence-corrected chi connectivity index (χ3v) is 11.1. The van der Waals surface area contributed by atoms with Gasteiger partial charge in [-0.25, -0.2) is 0 Å². The van der Waals surface area contributed by atoms with Gasteiger partial charge in [0.15, 0.2) is 0 Å². The van der Waals surface area contributed by atoms with Crippen molar-refractivity contribution in [2.45, 2.75) is 26.4 Å². The Hall–Kier alpha value is -4.86. The van der Waals surface area contributed by atoms with E-state index >= 15 is 0 Å². The van der Waals surface area contributed by atoms with Crippen LogP contribution in [0.3, 0.4) is 0 Å². The minimum absolute atomic E-state index is 0.479. The Kier molecular flexibility index (Phi) is 5.57. The molecule has 210 valence electrons. The summed E-state index contributed by atoms with van der Waals surface area (Å²) in [7, 11) is -0.479. The summed E-state index contributed by atoms with van der Waals surface area (Å²) in [5.41, 5.74) is 10.2. The van der Waals surface area contributed by atoms with Crippen molar-refractivity contribution in [1.29, 1.82) is 0 Å². The maximum atomic E-state index is 2.49. The first-order valence-electron chi connectivity index (χ1n) is 15.7. The lowest BCUT2D eigenvalue weighted by molar-refractivity contribution is 0.754. The molecule has 9 rings (SSSR count). The molecule has 0 radical (unpaired) electrons. The molecule has 44 heavy (non-hydrogen) atoms. The molecule has 1 aliphatic rings. The molecule has 0 fully saturated rings. The Morgan fingerprint density at radius 1 is 0.591 bits per heavy atom. The Bertz CT molecular complexity index is 2440. The van der Waals surface area contributed by atoms with E-state index in [2.05, 4.69) is 157 Å². The summed E-state index contributed by atoms with van der Waals surface area (Å²) in [5, 5.41) is 9.51. The normalized spacial score (nSPS) is 14.6. The zero-order valence-corrected chi connectivity index (χ0v) is 26.3. The molecule has 1 unspecified atom stereocenters. The Morgan fingerprint density at radius 2 is 1.34 bits per heavy atom. The van der Waals surface area contributed by atoms with E-state index in [-0.39, 0.29) is 0 Å². The number of para-hydroxylation sites is 2. The summed E-state index contributed by atoms with van der Waals surface area (Å²) in [6.45, 7) is 7.04. The fourth-order valence-corrected chi connectivity index (χ4v) is 8.43. The molecule has 0 amide bonds. The second-order valence-electron chi connectivity index (χ2n) is 12.7. The highest BCUT2D eigenvalue weighted by molar-refractivity contribution is 6.70. The van der Waals surface area contributed by atoms with Crippen molar-refractivity contribution in [2.75, 3.05) is 0 Å². The molecule has 0 bridgehead atoms. The van der Waals surface area contributed by atoms with Gasteiger partial charge in [-0.1, -0.05) is 67.6 Å². The number of benzene rings is 6. The van der Waals surface area contributed by atoms with Gasteiger partial charge in [-0.05, 0) is 101 Å². The highest BCUT2D eigenvalue weighted by atomic mass is 28.3. The van der Waals surface area contributed by atoms with Crippen molar-refractivity contribution >= 4 is 63.5 Å². The third kappa shape index (κ3) is 3.72. The van der Waals surface area contributed by atoms with Crippen molar-refractivity contribution in [3.05, 3.63) is 132 Å². The maximum Gasteiger partial charge on any atom is 0.345 e. The summed E-state index contributed by atoms with van der Waals surface area (Å²) in [4.78, 5) is 0. The summed E-state index contributed by atoms with van der Waals surface area (Å²) in [5.74, 6) is 0.512. The van der Waals surface area contributed by atoms with E-state index in [1.165, 1.54) is 82.1 Å². The molecule has 8 aromatic rings. The number of hydrogen-bond acceptors (Lipinski definition) is 0. The molecular formula is C41H33N2Si+. The first kappa shape index (κ1) is 25.6. The van der Waals surface area contributed by atoms with Crippen LogP contribution < -0.4 is 10.5 Å². The molecule has 0 spiro atoms. The van der Waals surface area contributed by atoms with Crippen LogP contribution in [0.25, 0.3) is 72.1 Å². The molecule has 2 nitrogen and oxygen atoms in total. The van der Waals surface area contributed by atoms with E-state index in [0.29, 0.717) is 5.92 Å². The number of rotatable bonds is 4. The average Bonchev–Trinajstić information content (AvgIpc) is 3.56. The Labute approximate surface area is 259 Å². The van der Waals surface area contributed by atoms with Crippen LogP contribution in [0.5, 0.6) is 0 Å². The van der Waals surface area contributed by atoms with E-state index in [4.69, 9.17) is 0 Å². The van der Waals surface area contributed by atoms with E-state index in [1.807, 2.05) is 0 Å². The summed E-state index contributed by atoms with van der Waals surface area (Å²) < 4.78 is 4.92. The molecule has 0 N–H and O–H groups in total. The van der Waals surface area contributed by atoms with Crippen molar-refractivity contribution < 1.29 is 0 Å². The summed E-state index contributed by atoms with van der Waals surface area (Å²) in [6.07, 6.45) is 3.58. The van der Waals surface area contributed by atoms with Crippen LogP contribution in [-0.4, -0.2) is 17.9 Å². The van der Waals surface area contributed by atoms with Gasteiger partial charge < -0.3 is 9.13 Å². The molecule has 2 aromatic heterocycles. The second-order valence-corrected chi connectivity index (χ2v) is 15.3. The molecular weight excluding hydrogens is 549 g/mol. The molecule has 1 atom stereocenters. The predicted octanol–water partition coefficient (Wildman–Crippen LogP) is 9.20. The Balaban J connectivity index is 1.30. The SMILES string of the molecule is CC1C=c2c3c(ccc4cc(-c5ccc6c(c5)c5ccccc5n6-c5ccc([Si+](C)C)cc5)cc(c43)n2-c2ccccc2)C1. The quantitative estimate of drug-likeness (QED) is 0.183. The monoisotopic (exact) mass is 581 g/mol. The van der Waals surface area contributed by atoms with Crippen LogP contribution in [0, 0.1) is 5.92 Å². The molecule has 1 aliphatic carbocycles. The number of aromatic nitrogens is 2. The van der Waals surface area contributed by atoms with Gasteiger partial charge in [-0.3, -0.25) is 0 Å². The lowest BCUT2D eigenvalue weighted by atomic mass is 9.90. The van der Waals surface area contributed by atoms with Crippen molar-refractivity contribution in [1.82, 2.24) is 9.13 Å². The van der Waals surface area contributed by atoms with E-state index in [9.17, 15) is 0 Å². The molecule has 0 saturated heterocycles. The minimum atomic E-state index is -0.479. The smallest absolute Gasteiger partial charge is 0.310 e. The fraction of sp³-hybridized carbons (Fsp3) is 0.122. The molecule has 0 aliphatic heterocycles. The number of fused-ring (bicyclic) bond motifs is 3. The van der Waals surface area contributed by atoms with E-state index in [0.717, 1.165) is 6.42 Å². The van der Waals surface area contributed by atoms with Crippen LogP contribution >= 0.6 is 0 Å². The predicted molar refractivity (Wildman–Crippen MR) is 190 cm³/mol. The van der Waals surface area contributed by atoms with Gasteiger partial charge in [0.25, 0.3) is 0 Å². The zero-order valence-electron chi connectivity index (χ0n) is 25.3. The van der Waals surface area contributed by atoms with E-state index in [1.54, 1.807) is 0 Å². The van der Waals surface area contributed by atoms with Crippen LogP contribution in [-0.2, 0) is 6.42 Å². The van der Waals surface area contributed by atoms with Gasteiger partial charge in [-0.15, -0.1) is 0 Å². The standard InChI is InChI=1S/C41H33N2Si/c1-26-21-28-13-14-29-23-30(25-39-41(29)40(28)38(22-26)43(39)31-9-5-4-6-10-31)27-15-20-37-35(24-27)34-11-7-8-12-36(34)42(37)32-16-18-33(19-17-32)44(2)3/h4-20,22-26H,21H2,1-3H3/q+1. The van der Waals surface area contributed by atoms with Crippen molar-refractivity contribution in [3.8, 4) is 22.5 Å². The van der Waals surface area contributed by atoms with E-state index < -0.39 is 8.80 Å². The largest absolute Gasteiger partial charge is 0.345 e. The fourth-order valence-electron chi connectivity index (χ4n) is 7.60. The zero-order chi connectivity index (χ0) is 29.5. The molecule has 2 heterocycles. The van der Waals surface area contributed by atoms with Gasteiger partial charge in [0.2, 0.25) is 0 Å². The van der Waals surface area contributed by atoms with Crippen LogP contribution in [0.15, 0.2) is 121 Å². The topological polar surface area (TPSA) is 9.86 Å². The summed E-state index contributed by atoms with van der Waals surface area (Å²) >= 11 is 0. The minimum Gasteiger partial charge on any atom is -0.310 e. The average molecular weight is 582 g/mol.